The Kier molecular flexibility index (Phi) is 8.96. The predicted octanol–water partition coefficient (Wildman–Crippen LogP) is 3.55. The van der Waals surface area contributed by atoms with Crippen LogP contribution in [0.2, 0.25) is 5.02 Å². The molecule has 2 N–H and O–H groups in total. The fourth-order valence-corrected chi connectivity index (χ4v) is 5.03. The van der Waals surface area contributed by atoms with Crippen molar-refractivity contribution in [2.75, 3.05) is 36.8 Å². The highest BCUT2D eigenvalue weighted by Crippen LogP contribution is 2.37. The van der Waals surface area contributed by atoms with E-state index in [0.29, 0.717) is 17.8 Å². The number of hydrogen-bond donors (Lipinski definition) is 2. The van der Waals surface area contributed by atoms with E-state index in [1.165, 1.54) is 33.7 Å². The summed E-state index contributed by atoms with van der Waals surface area (Å²) in [6.07, 6.45) is 2.23. The molecule has 32 heavy (non-hydrogen) atoms. The maximum absolute atomic E-state index is 14.3. The number of anilines is 1. The second-order valence-corrected chi connectivity index (χ2v) is 9.33. The van der Waals surface area contributed by atoms with Crippen molar-refractivity contribution in [2.45, 2.75) is 38.1 Å². The third-order valence-corrected chi connectivity index (χ3v) is 6.91. The van der Waals surface area contributed by atoms with Crippen LogP contribution in [-0.2, 0) is 11.3 Å². The SMILES string of the molecule is CCC[NH+](CCC)CCNC(=O)c1ccc2c(c1)N(Cc1c(F)cccc1Cl)C(=O)CS2. The van der Waals surface area contributed by atoms with Crippen LogP contribution in [0.15, 0.2) is 41.3 Å². The summed E-state index contributed by atoms with van der Waals surface area (Å²) in [5, 5.41) is 3.27. The third-order valence-electron chi connectivity index (χ3n) is 5.51. The fraction of sp³-hybridized carbons (Fsp3) is 0.417. The first-order valence-electron chi connectivity index (χ1n) is 11.1. The van der Waals surface area contributed by atoms with Crippen LogP contribution < -0.4 is 15.1 Å². The lowest BCUT2D eigenvalue weighted by molar-refractivity contribution is -0.898. The average Bonchev–Trinajstić information content (AvgIpc) is 2.77. The molecule has 0 radical (unpaired) electrons. The monoisotopic (exact) mass is 478 g/mol. The minimum absolute atomic E-state index is 0.0231. The Bertz CT molecular complexity index is 946. The van der Waals surface area contributed by atoms with Gasteiger partial charge in [0.2, 0.25) is 5.91 Å². The molecule has 0 atom stereocenters. The van der Waals surface area contributed by atoms with Gasteiger partial charge in [0.1, 0.15) is 5.82 Å². The molecule has 5 nitrogen and oxygen atoms in total. The topological polar surface area (TPSA) is 53.9 Å². The Morgan fingerprint density at radius 3 is 2.62 bits per heavy atom. The Labute approximate surface area is 198 Å². The van der Waals surface area contributed by atoms with Gasteiger partial charge in [-0.05, 0) is 43.2 Å². The molecule has 2 aromatic rings. The zero-order chi connectivity index (χ0) is 23.1. The zero-order valence-corrected chi connectivity index (χ0v) is 20.1. The van der Waals surface area contributed by atoms with E-state index in [4.69, 9.17) is 11.6 Å². The number of carbonyl (C=O) groups excluding carboxylic acids is 2. The number of amides is 2. The Morgan fingerprint density at radius 1 is 1.19 bits per heavy atom. The Morgan fingerprint density at radius 2 is 1.94 bits per heavy atom. The summed E-state index contributed by atoms with van der Waals surface area (Å²) in [6, 6.07) is 9.81. The lowest BCUT2D eigenvalue weighted by Gasteiger charge is -2.30. The normalized spacial score (nSPS) is 13.4. The molecule has 0 spiro atoms. The maximum atomic E-state index is 14.3. The minimum Gasteiger partial charge on any atom is -0.346 e. The quantitative estimate of drug-likeness (QED) is 0.549. The van der Waals surface area contributed by atoms with Crippen LogP contribution in [0.1, 0.15) is 42.6 Å². The second-order valence-electron chi connectivity index (χ2n) is 7.91. The smallest absolute Gasteiger partial charge is 0.251 e. The van der Waals surface area contributed by atoms with Crippen molar-refractivity contribution in [3.8, 4) is 0 Å². The molecule has 0 saturated carbocycles. The van der Waals surface area contributed by atoms with Crippen LogP contribution in [0.4, 0.5) is 10.1 Å². The number of thioether (sulfide) groups is 1. The molecule has 0 aliphatic carbocycles. The maximum Gasteiger partial charge on any atom is 0.251 e. The number of nitrogens with zero attached hydrogens (tertiary/aromatic N) is 1. The average molecular weight is 479 g/mol. The molecular formula is C24H30ClFN3O2S+. The molecule has 172 valence electrons. The van der Waals surface area contributed by atoms with Crippen molar-refractivity contribution in [1.82, 2.24) is 5.32 Å². The van der Waals surface area contributed by atoms with Gasteiger partial charge in [-0.25, -0.2) is 4.39 Å². The van der Waals surface area contributed by atoms with Gasteiger partial charge in [0.05, 0.1) is 44.2 Å². The number of benzene rings is 2. The van der Waals surface area contributed by atoms with Crippen LogP contribution in [0, 0.1) is 5.82 Å². The van der Waals surface area contributed by atoms with Gasteiger partial charge in [0, 0.05) is 21.0 Å². The number of halogens is 2. The van der Waals surface area contributed by atoms with E-state index < -0.39 is 5.82 Å². The van der Waals surface area contributed by atoms with Gasteiger partial charge >= 0.3 is 0 Å². The van der Waals surface area contributed by atoms with Crippen LogP contribution >= 0.6 is 23.4 Å². The van der Waals surface area contributed by atoms with Gasteiger partial charge in [0.25, 0.3) is 5.91 Å². The van der Waals surface area contributed by atoms with E-state index in [1.54, 1.807) is 18.2 Å². The molecule has 1 aliphatic heterocycles. The summed E-state index contributed by atoms with van der Waals surface area (Å²) < 4.78 is 14.3. The van der Waals surface area contributed by atoms with E-state index in [2.05, 4.69) is 19.2 Å². The lowest BCUT2D eigenvalue weighted by Crippen LogP contribution is -3.12. The van der Waals surface area contributed by atoms with Crippen LogP contribution in [0.3, 0.4) is 0 Å². The standard InChI is InChI=1S/C24H29ClFN3O2S/c1-3-11-28(12-4-2)13-10-27-24(31)17-8-9-22-21(14-17)29(23(30)16-32-22)15-18-19(25)6-5-7-20(18)26/h5-9,14H,3-4,10-13,15-16H2,1-2H3,(H,27,31)/p+1. The number of fused-ring (bicyclic) bond motifs is 1. The van der Waals surface area contributed by atoms with Crippen molar-refractivity contribution in [3.63, 3.8) is 0 Å². The van der Waals surface area contributed by atoms with Gasteiger partial charge in [-0.2, -0.15) is 0 Å². The first-order chi connectivity index (χ1) is 15.4. The van der Waals surface area contributed by atoms with Crippen molar-refractivity contribution < 1.29 is 18.9 Å². The number of hydrogen-bond acceptors (Lipinski definition) is 3. The van der Waals surface area contributed by atoms with E-state index >= 15 is 0 Å². The highest BCUT2D eigenvalue weighted by molar-refractivity contribution is 8.00. The fourth-order valence-electron chi connectivity index (χ4n) is 3.90. The highest BCUT2D eigenvalue weighted by atomic mass is 35.5. The lowest BCUT2D eigenvalue weighted by atomic mass is 10.1. The molecule has 0 saturated heterocycles. The molecule has 0 aromatic heterocycles. The molecular weight excluding hydrogens is 449 g/mol. The summed E-state index contributed by atoms with van der Waals surface area (Å²) in [6.45, 7) is 8.01. The number of carbonyl (C=O) groups is 2. The summed E-state index contributed by atoms with van der Waals surface area (Å²) in [5.41, 5.74) is 1.36. The van der Waals surface area contributed by atoms with Crippen molar-refractivity contribution in [1.29, 1.82) is 0 Å². The summed E-state index contributed by atoms with van der Waals surface area (Å²) >= 11 is 7.60. The second kappa shape index (κ2) is 11.7. The molecule has 1 aliphatic rings. The van der Waals surface area contributed by atoms with Crippen molar-refractivity contribution >= 4 is 40.9 Å². The van der Waals surface area contributed by atoms with Gasteiger partial charge in [-0.15, -0.1) is 11.8 Å². The van der Waals surface area contributed by atoms with E-state index in [1.807, 2.05) is 6.07 Å². The van der Waals surface area contributed by atoms with Gasteiger partial charge in [-0.3, -0.25) is 9.59 Å². The molecule has 8 heteroatoms. The summed E-state index contributed by atoms with van der Waals surface area (Å²) in [7, 11) is 0. The molecule has 0 unspecified atom stereocenters. The molecule has 3 rings (SSSR count). The van der Waals surface area contributed by atoms with Gasteiger partial charge in [-0.1, -0.05) is 31.5 Å². The molecule has 1 heterocycles. The summed E-state index contributed by atoms with van der Waals surface area (Å²) in [5.74, 6) is -0.507. The van der Waals surface area contributed by atoms with Crippen LogP contribution in [-0.4, -0.2) is 43.7 Å². The van der Waals surface area contributed by atoms with Gasteiger partial charge in [0.15, 0.2) is 0 Å². The van der Waals surface area contributed by atoms with E-state index in [0.717, 1.165) is 37.4 Å². The molecule has 2 amide bonds. The van der Waals surface area contributed by atoms with E-state index in [9.17, 15) is 14.0 Å². The largest absolute Gasteiger partial charge is 0.346 e. The highest BCUT2D eigenvalue weighted by Gasteiger charge is 2.27. The third kappa shape index (κ3) is 6.03. The number of quaternary nitrogens is 1. The summed E-state index contributed by atoms with van der Waals surface area (Å²) in [4.78, 5) is 29.3. The molecule has 0 fully saturated rings. The predicted molar refractivity (Wildman–Crippen MR) is 128 cm³/mol. The van der Waals surface area contributed by atoms with Crippen molar-refractivity contribution in [2.24, 2.45) is 0 Å². The van der Waals surface area contributed by atoms with E-state index in [-0.39, 0.29) is 34.7 Å². The Hall–Kier alpha value is -2.09. The van der Waals surface area contributed by atoms with Crippen LogP contribution in [0.5, 0.6) is 0 Å². The first kappa shape index (κ1) is 24.6. The van der Waals surface area contributed by atoms with Crippen molar-refractivity contribution in [3.05, 3.63) is 58.4 Å². The van der Waals surface area contributed by atoms with Gasteiger partial charge < -0.3 is 15.1 Å². The van der Waals surface area contributed by atoms with Crippen LogP contribution in [0.25, 0.3) is 0 Å². The minimum atomic E-state index is -0.454. The molecule has 0 bridgehead atoms. The first-order valence-corrected chi connectivity index (χ1v) is 12.4. The molecule has 2 aromatic carbocycles. The Balaban J connectivity index is 1.75. The number of nitrogens with one attached hydrogen (secondary N) is 2. The number of rotatable bonds is 10. The zero-order valence-electron chi connectivity index (χ0n) is 18.5.